The van der Waals surface area contributed by atoms with E-state index in [2.05, 4.69) is 15.1 Å². The van der Waals surface area contributed by atoms with Crippen molar-refractivity contribution in [2.24, 2.45) is 0 Å². The third-order valence-electron chi connectivity index (χ3n) is 4.98. The highest BCUT2D eigenvalue weighted by molar-refractivity contribution is 5.90. The van der Waals surface area contributed by atoms with Gasteiger partial charge < -0.3 is 4.90 Å². The molecule has 0 N–H and O–H groups in total. The third-order valence-corrected chi connectivity index (χ3v) is 4.98. The number of hydrogen-bond donors (Lipinski definition) is 0. The summed E-state index contributed by atoms with van der Waals surface area (Å²) in [7, 11) is 0. The molecule has 0 spiro atoms. The summed E-state index contributed by atoms with van der Waals surface area (Å²) in [6.45, 7) is 4.00. The smallest absolute Gasteiger partial charge is 0.333 e. The van der Waals surface area contributed by atoms with Gasteiger partial charge in [0.15, 0.2) is 5.82 Å². The number of rotatable bonds is 6. The maximum Gasteiger partial charge on any atom is 0.416 e. The molecule has 1 aromatic carbocycles. The van der Waals surface area contributed by atoms with Gasteiger partial charge in [0.1, 0.15) is 6.33 Å². The van der Waals surface area contributed by atoms with E-state index in [0.29, 0.717) is 18.7 Å². The largest absolute Gasteiger partial charge is 0.416 e. The van der Waals surface area contributed by atoms with Crippen LogP contribution in [0.4, 0.5) is 26.3 Å². The molecule has 3 rings (SSSR count). The molecule has 1 atom stereocenters. The molecule has 0 aliphatic heterocycles. The van der Waals surface area contributed by atoms with Crippen LogP contribution in [0.1, 0.15) is 36.6 Å². The first kappa shape index (κ1) is 24.9. The Balaban J connectivity index is 1.84. The highest BCUT2D eigenvalue weighted by atomic mass is 19.4. The van der Waals surface area contributed by atoms with E-state index >= 15 is 0 Å². The number of likely N-dealkylation sites (N-methyl/N-ethyl adjacent to an activating group) is 1. The highest BCUT2D eigenvalue weighted by Crippen LogP contribution is 2.38. The van der Waals surface area contributed by atoms with Gasteiger partial charge in [-0.3, -0.25) is 9.78 Å². The van der Waals surface area contributed by atoms with Gasteiger partial charge in [-0.2, -0.15) is 26.3 Å². The predicted molar refractivity (Wildman–Crippen MR) is 111 cm³/mol. The summed E-state index contributed by atoms with van der Waals surface area (Å²) in [5.74, 6) is -0.737. The number of amides is 1. The molecule has 6 nitrogen and oxygen atoms in total. The monoisotopic (exact) mass is 483 g/mol. The Hall–Kier alpha value is -3.70. The molecule has 0 saturated heterocycles. The first-order valence-electron chi connectivity index (χ1n) is 10.00. The molecular weight excluding hydrogens is 464 g/mol. The van der Waals surface area contributed by atoms with E-state index in [-0.39, 0.29) is 23.8 Å². The zero-order valence-corrected chi connectivity index (χ0v) is 18.0. The van der Waals surface area contributed by atoms with Crippen molar-refractivity contribution >= 4 is 12.1 Å². The lowest BCUT2D eigenvalue weighted by molar-refractivity contribution is -0.143. The minimum atomic E-state index is -4.99. The second kappa shape index (κ2) is 9.65. The summed E-state index contributed by atoms with van der Waals surface area (Å²) in [5.41, 5.74) is -2.58. The number of benzene rings is 1. The minimum Gasteiger partial charge on any atom is -0.333 e. The van der Waals surface area contributed by atoms with Crippen molar-refractivity contribution in [2.45, 2.75) is 32.2 Å². The van der Waals surface area contributed by atoms with E-state index < -0.39 is 29.0 Å². The first-order valence-corrected chi connectivity index (χ1v) is 10.00. The second-order valence-corrected chi connectivity index (χ2v) is 7.25. The number of nitrogens with zero attached hydrogens (tertiary/aromatic N) is 5. The van der Waals surface area contributed by atoms with Gasteiger partial charge >= 0.3 is 12.4 Å². The second-order valence-electron chi connectivity index (χ2n) is 7.25. The number of carbonyl (C=O) groups excluding carboxylic acids is 1. The maximum atomic E-state index is 13.1. The lowest BCUT2D eigenvalue weighted by Crippen LogP contribution is -2.32. The van der Waals surface area contributed by atoms with Crippen molar-refractivity contribution < 1.29 is 31.1 Å². The standard InChI is InChI=1S/C22H19F6N5O/c1-3-33(14(2)15-5-4-7-29-12-15)19(34)6-8-32-13-30-20(31-32)16-9-17(21(23,24)25)11-18(10-16)22(26,27)28/h4-14H,3H2,1-2H3. The van der Waals surface area contributed by atoms with Crippen LogP contribution in [0, 0.1) is 0 Å². The fourth-order valence-electron chi connectivity index (χ4n) is 3.22. The molecule has 0 aliphatic carbocycles. The van der Waals surface area contributed by atoms with Crippen molar-refractivity contribution in [3.8, 4) is 11.4 Å². The number of aromatic nitrogens is 4. The Morgan fingerprint density at radius 3 is 2.29 bits per heavy atom. The SMILES string of the molecule is CCN(C(=O)C=Cn1cnc(-c2cc(C(F)(F)F)cc(C(F)(F)F)c2)n1)C(C)c1cccnc1. The fraction of sp³-hybridized carbons (Fsp3) is 0.273. The zero-order chi connectivity index (χ0) is 25.1. The van der Waals surface area contributed by atoms with Gasteiger partial charge in [-0.15, -0.1) is 5.10 Å². The first-order chi connectivity index (χ1) is 15.9. The van der Waals surface area contributed by atoms with Gasteiger partial charge in [-0.25, -0.2) is 9.67 Å². The summed E-state index contributed by atoms with van der Waals surface area (Å²) in [6, 6.07) is 4.39. The molecule has 0 radical (unpaired) electrons. The van der Waals surface area contributed by atoms with E-state index in [4.69, 9.17) is 0 Å². The molecular formula is C22H19F6N5O. The molecule has 180 valence electrons. The molecule has 0 saturated carbocycles. The van der Waals surface area contributed by atoms with Crippen LogP contribution in [0.15, 0.2) is 55.1 Å². The normalized spacial score (nSPS) is 13.3. The number of carbonyl (C=O) groups is 1. The van der Waals surface area contributed by atoms with Gasteiger partial charge in [-0.05, 0) is 43.7 Å². The Labute approximate surface area is 190 Å². The topological polar surface area (TPSA) is 63.9 Å². The van der Waals surface area contributed by atoms with Crippen LogP contribution in [0.5, 0.6) is 0 Å². The van der Waals surface area contributed by atoms with E-state index in [1.807, 2.05) is 13.0 Å². The summed E-state index contributed by atoms with van der Waals surface area (Å²) in [5, 5.41) is 3.89. The van der Waals surface area contributed by atoms with Crippen molar-refractivity contribution in [2.75, 3.05) is 6.54 Å². The van der Waals surface area contributed by atoms with Crippen LogP contribution in [0.25, 0.3) is 17.6 Å². The fourth-order valence-corrected chi connectivity index (χ4v) is 3.22. The Kier molecular flexibility index (Phi) is 7.08. The van der Waals surface area contributed by atoms with Gasteiger partial charge in [0, 0.05) is 36.8 Å². The summed E-state index contributed by atoms with van der Waals surface area (Å²) in [4.78, 5) is 22.0. The van der Waals surface area contributed by atoms with Crippen LogP contribution in [-0.2, 0) is 17.1 Å². The van der Waals surface area contributed by atoms with Crippen molar-refractivity contribution in [3.05, 3.63) is 71.8 Å². The lowest BCUT2D eigenvalue weighted by Gasteiger charge is -2.27. The van der Waals surface area contributed by atoms with Gasteiger partial charge in [0.05, 0.1) is 17.2 Å². The van der Waals surface area contributed by atoms with Gasteiger partial charge in [0.2, 0.25) is 5.91 Å². The summed E-state index contributed by atoms with van der Waals surface area (Å²) in [6.07, 6.45) is -3.25. The molecule has 34 heavy (non-hydrogen) atoms. The van der Waals surface area contributed by atoms with Crippen LogP contribution in [0.3, 0.4) is 0 Å². The molecule has 0 aliphatic rings. The van der Waals surface area contributed by atoms with E-state index in [9.17, 15) is 31.1 Å². The van der Waals surface area contributed by atoms with E-state index in [1.165, 1.54) is 12.3 Å². The highest BCUT2D eigenvalue weighted by Gasteiger charge is 2.37. The number of alkyl halides is 6. The minimum absolute atomic E-state index is 0.0296. The van der Waals surface area contributed by atoms with Crippen molar-refractivity contribution in [1.29, 1.82) is 0 Å². The van der Waals surface area contributed by atoms with Crippen LogP contribution < -0.4 is 0 Å². The Morgan fingerprint density at radius 1 is 1.12 bits per heavy atom. The molecule has 0 fully saturated rings. The van der Waals surface area contributed by atoms with Crippen LogP contribution >= 0.6 is 0 Å². The summed E-state index contributed by atoms with van der Waals surface area (Å²) < 4.78 is 79.6. The Morgan fingerprint density at radius 2 is 1.76 bits per heavy atom. The molecule has 1 amide bonds. The van der Waals surface area contributed by atoms with Gasteiger partial charge in [-0.1, -0.05) is 6.07 Å². The molecule has 2 aromatic heterocycles. The van der Waals surface area contributed by atoms with Crippen molar-refractivity contribution in [3.63, 3.8) is 0 Å². The quantitative estimate of drug-likeness (QED) is 0.345. The maximum absolute atomic E-state index is 13.1. The molecule has 2 heterocycles. The third kappa shape index (κ3) is 5.80. The zero-order valence-electron chi connectivity index (χ0n) is 18.0. The molecule has 12 heteroatoms. The molecule has 3 aromatic rings. The van der Waals surface area contributed by atoms with E-state index in [1.54, 1.807) is 30.3 Å². The molecule has 1 unspecified atom stereocenters. The predicted octanol–water partition coefficient (Wildman–Crippen LogP) is 5.46. The average molecular weight is 483 g/mol. The average Bonchev–Trinajstić information content (AvgIpc) is 3.26. The van der Waals surface area contributed by atoms with Crippen LogP contribution in [0.2, 0.25) is 0 Å². The lowest BCUT2D eigenvalue weighted by atomic mass is 10.0. The Bertz CT molecular complexity index is 1140. The number of pyridine rings is 1. The number of hydrogen-bond acceptors (Lipinski definition) is 4. The summed E-state index contributed by atoms with van der Waals surface area (Å²) >= 11 is 0. The van der Waals surface area contributed by atoms with Crippen LogP contribution in [-0.4, -0.2) is 37.1 Å². The van der Waals surface area contributed by atoms with Crippen molar-refractivity contribution in [1.82, 2.24) is 24.6 Å². The molecule has 0 bridgehead atoms. The number of halogens is 6. The van der Waals surface area contributed by atoms with Gasteiger partial charge in [0.25, 0.3) is 0 Å². The van der Waals surface area contributed by atoms with E-state index in [0.717, 1.165) is 16.6 Å².